The van der Waals surface area contributed by atoms with Crippen molar-refractivity contribution in [1.82, 2.24) is 0 Å². The van der Waals surface area contributed by atoms with E-state index in [0.29, 0.717) is 0 Å². The molecule has 0 fully saturated rings. The van der Waals surface area contributed by atoms with Gasteiger partial charge < -0.3 is 9.53 Å². The van der Waals surface area contributed by atoms with Crippen molar-refractivity contribution in [3.63, 3.8) is 0 Å². The fraction of sp³-hybridized carbons (Fsp3) is 0.391. The summed E-state index contributed by atoms with van der Waals surface area (Å²) in [7, 11) is -2.84. The molecule has 162 valence electrons. The van der Waals surface area contributed by atoms with Crippen molar-refractivity contribution in [3.8, 4) is 0 Å². The maximum Gasteiger partial charge on any atom is 0.338 e. The van der Waals surface area contributed by atoms with Gasteiger partial charge in [0.2, 0.25) is 0 Å². The van der Waals surface area contributed by atoms with Gasteiger partial charge in [0.15, 0.2) is 11.3 Å². The Morgan fingerprint density at radius 3 is 1.87 bits per heavy atom. The lowest BCUT2D eigenvalue weighted by Gasteiger charge is -2.43. The number of halogens is 1. The molecule has 0 heterocycles. The number of hydrogen-bond acceptors (Lipinski definition) is 4. The van der Waals surface area contributed by atoms with Gasteiger partial charge in [0.1, 0.15) is 0 Å². The van der Waals surface area contributed by atoms with Crippen molar-refractivity contribution >= 4 is 41.5 Å². The van der Waals surface area contributed by atoms with Gasteiger partial charge in [-0.1, -0.05) is 93.2 Å². The number of alkyl halides is 1. The molecule has 2 aromatic rings. The zero-order valence-electron chi connectivity index (χ0n) is 17.8. The molecule has 0 spiro atoms. The lowest BCUT2D eigenvalue weighted by atomic mass is 10.2. The van der Waals surface area contributed by atoms with E-state index < -0.39 is 25.7 Å². The molecule has 0 amide bonds. The smallest absolute Gasteiger partial charge is 0.338 e. The van der Waals surface area contributed by atoms with E-state index in [0.717, 1.165) is 22.1 Å². The minimum atomic E-state index is -2.84. The molecule has 0 saturated carbocycles. The summed E-state index contributed by atoms with van der Waals surface area (Å²) in [4.78, 5) is 22.7. The number of carboxylic acids is 1. The van der Waals surface area contributed by atoms with Gasteiger partial charge in [0, 0.05) is 25.2 Å². The van der Waals surface area contributed by atoms with Crippen LogP contribution in [0.15, 0.2) is 60.7 Å². The third-order valence-electron chi connectivity index (χ3n) is 4.97. The second-order valence-electron chi connectivity index (χ2n) is 8.25. The molecule has 2 rings (SSSR count). The van der Waals surface area contributed by atoms with Gasteiger partial charge >= 0.3 is 5.97 Å². The Hall–Kier alpha value is -1.96. The number of carbonyl (C=O) groups excluding carboxylic acids is 1. The highest BCUT2D eigenvalue weighted by atomic mass is 32.2. The van der Waals surface area contributed by atoms with Crippen LogP contribution in [0.25, 0.3) is 0 Å². The molecular weight excluding hydrogens is 419 g/mol. The van der Waals surface area contributed by atoms with E-state index >= 15 is 0 Å². The lowest BCUT2D eigenvalue weighted by Crippen LogP contribution is -2.67. The number of carbonyl (C=O) groups is 2. The lowest BCUT2D eigenvalue weighted by molar-refractivity contribution is -0.143. The van der Waals surface area contributed by atoms with E-state index in [1.54, 1.807) is 0 Å². The Labute approximate surface area is 183 Å². The quantitative estimate of drug-likeness (QED) is 0.587. The van der Waals surface area contributed by atoms with Gasteiger partial charge in [-0.2, -0.15) is 0 Å². The van der Waals surface area contributed by atoms with Crippen molar-refractivity contribution in [2.75, 3.05) is 6.61 Å². The molecule has 2 atom stereocenters. The van der Waals surface area contributed by atoms with Crippen LogP contribution in [0.5, 0.6) is 0 Å². The maximum atomic E-state index is 14.0. The van der Waals surface area contributed by atoms with Crippen LogP contribution in [0, 0.1) is 0 Å². The second kappa shape index (κ2) is 10.4. The van der Waals surface area contributed by atoms with Crippen molar-refractivity contribution in [1.29, 1.82) is 0 Å². The zero-order chi connectivity index (χ0) is 22.4. The summed E-state index contributed by atoms with van der Waals surface area (Å²) in [6.45, 7) is 7.87. The molecular formula is C23H29FO4SSi. The second-order valence-corrected chi connectivity index (χ2v) is 14.0. The summed E-state index contributed by atoms with van der Waals surface area (Å²) in [5, 5.41) is 10.1. The summed E-state index contributed by atoms with van der Waals surface area (Å²) in [5.41, 5.74) is 0. The highest BCUT2D eigenvalue weighted by Crippen LogP contribution is 2.37. The van der Waals surface area contributed by atoms with Gasteiger partial charge in [0.25, 0.3) is 8.32 Å². The predicted octanol–water partition coefficient (Wildman–Crippen LogP) is 4.02. The Bertz CT molecular complexity index is 800. The predicted molar refractivity (Wildman–Crippen MR) is 123 cm³/mol. The first-order valence-electron chi connectivity index (χ1n) is 9.87. The van der Waals surface area contributed by atoms with Crippen molar-refractivity contribution in [3.05, 3.63) is 60.7 Å². The third-order valence-corrected chi connectivity index (χ3v) is 11.0. The zero-order valence-corrected chi connectivity index (χ0v) is 19.6. The van der Waals surface area contributed by atoms with E-state index in [-0.39, 0.29) is 23.2 Å². The van der Waals surface area contributed by atoms with Crippen LogP contribution in [-0.2, 0) is 14.0 Å². The Kier molecular flexibility index (Phi) is 8.40. The van der Waals surface area contributed by atoms with Crippen LogP contribution in [0.3, 0.4) is 0 Å². The van der Waals surface area contributed by atoms with E-state index in [9.17, 15) is 14.0 Å². The van der Waals surface area contributed by atoms with Gasteiger partial charge in [0.05, 0.1) is 0 Å². The molecule has 0 aliphatic heterocycles. The molecule has 7 heteroatoms. The molecule has 0 saturated heterocycles. The highest BCUT2D eigenvalue weighted by molar-refractivity contribution is 8.14. The third kappa shape index (κ3) is 5.80. The summed E-state index contributed by atoms with van der Waals surface area (Å²) in [5.74, 6) is -1.52. The number of aliphatic carboxylic acids is 1. The van der Waals surface area contributed by atoms with Crippen LogP contribution in [0.4, 0.5) is 4.39 Å². The number of thioether (sulfide) groups is 1. The van der Waals surface area contributed by atoms with Crippen LogP contribution >= 0.6 is 11.8 Å². The standard InChI is InChI=1S/C23H29FO4SSi/c1-17(25)29-18(15-21(24)22(26)27)16-28-30(23(2,3)4,19-11-7-5-8-12-19)20-13-9-6-10-14-20/h5-14,18,21H,15-16H2,1-4H3,(H,26,27)/t18?,21-/m0/s1. The summed E-state index contributed by atoms with van der Waals surface area (Å²) in [6, 6.07) is 20.0. The van der Waals surface area contributed by atoms with Crippen molar-refractivity contribution < 1.29 is 23.5 Å². The average molecular weight is 449 g/mol. The average Bonchev–Trinajstić information content (AvgIpc) is 2.68. The van der Waals surface area contributed by atoms with Crippen LogP contribution in [0.1, 0.15) is 34.1 Å². The number of hydrogen-bond donors (Lipinski definition) is 1. The monoisotopic (exact) mass is 448 g/mol. The van der Waals surface area contributed by atoms with Crippen molar-refractivity contribution in [2.45, 2.75) is 50.6 Å². The van der Waals surface area contributed by atoms with Gasteiger partial charge in [-0.15, -0.1) is 0 Å². The fourth-order valence-corrected chi connectivity index (χ4v) is 9.29. The maximum absolute atomic E-state index is 14.0. The molecule has 30 heavy (non-hydrogen) atoms. The first-order chi connectivity index (χ1) is 14.1. The van der Waals surface area contributed by atoms with Crippen LogP contribution < -0.4 is 10.4 Å². The molecule has 4 nitrogen and oxygen atoms in total. The van der Waals surface area contributed by atoms with E-state index in [1.807, 2.05) is 60.7 Å². The number of rotatable bonds is 9. The van der Waals surface area contributed by atoms with Crippen LogP contribution in [-0.4, -0.2) is 42.5 Å². The number of benzene rings is 2. The van der Waals surface area contributed by atoms with Crippen LogP contribution in [0.2, 0.25) is 5.04 Å². The summed E-state index contributed by atoms with van der Waals surface area (Å²) < 4.78 is 20.7. The molecule has 0 aromatic heterocycles. The van der Waals surface area contributed by atoms with Gasteiger partial charge in [-0.3, -0.25) is 4.79 Å². The molecule has 0 bridgehead atoms. The fourth-order valence-electron chi connectivity index (χ4n) is 3.70. The topological polar surface area (TPSA) is 63.6 Å². The van der Waals surface area contributed by atoms with Gasteiger partial charge in [-0.05, 0) is 15.4 Å². The summed E-state index contributed by atoms with van der Waals surface area (Å²) >= 11 is 0.942. The largest absolute Gasteiger partial charge is 0.479 e. The Morgan fingerprint density at radius 2 is 1.50 bits per heavy atom. The Morgan fingerprint density at radius 1 is 1.03 bits per heavy atom. The normalized spacial score (nSPS) is 14.2. The minimum Gasteiger partial charge on any atom is -0.479 e. The first-order valence-corrected chi connectivity index (χ1v) is 12.7. The molecule has 0 aliphatic rings. The molecule has 0 aliphatic carbocycles. The molecule has 0 radical (unpaired) electrons. The highest BCUT2D eigenvalue weighted by Gasteiger charge is 2.50. The molecule has 1 N–H and O–H groups in total. The number of carboxylic acid groups (broad SMARTS) is 1. The van der Waals surface area contributed by atoms with E-state index in [2.05, 4.69) is 20.8 Å². The van der Waals surface area contributed by atoms with Gasteiger partial charge in [-0.25, -0.2) is 9.18 Å². The Balaban J connectivity index is 2.48. The first kappa shape index (κ1) is 24.3. The minimum absolute atomic E-state index is 0.0885. The van der Waals surface area contributed by atoms with E-state index in [1.165, 1.54) is 6.92 Å². The van der Waals surface area contributed by atoms with E-state index in [4.69, 9.17) is 9.53 Å². The summed E-state index contributed by atoms with van der Waals surface area (Å²) in [6.07, 6.45) is -2.32. The SMILES string of the molecule is CC(=O)SC(CO[Si](c1ccccc1)(c1ccccc1)C(C)(C)C)C[C@H](F)C(=O)O. The molecule has 1 unspecified atom stereocenters. The molecule has 2 aromatic carbocycles. The van der Waals surface area contributed by atoms with Crippen molar-refractivity contribution in [2.24, 2.45) is 0 Å².